The highest BCUT2D eigenvalue weighted by Gasteiger charge is 2.14. The Morgan fingerprint density at radius 2 is 2.53 bits per heavy atom. The van der Waals surface area contributed by atoms with E-state index in [4.69, 9.17) is 4.52 Å². The van der Waals surface area contributed by atoms with E-state index in [-0.39, 0.29) is 0 Å². The van der Waals surface area contributed by atoms with E-state index in [0.29, 0.717) is 6.04 Å². The van der Waals surface area contributed by atoms with Crippen LogP contribution in [0.5, 0.6) is 0 Å². The van der Waals surface area contributed by atoms with Crippen molar-refractivity contribution in [1.29, 1.82) is 0 Å². The minimum absolute atomic E-state index is 0.688. The Hall–Kier alpha value is -0.550. The Balaban J connectivity index is 1.68. The van der Waals surface area contributed by atoms with Crippen LogP contribution in [0, 0.1) is 0 Å². The number of aromatic nitrogens is 2. The zero-order valence-electron chi connectivity index (χ0n) is 9.03. The molecule has 4 nitrogen and oxygen atoms in total. The van der Waals surface area contributed by atoms with Crippen molar-refractivity contribution in [1.82, 2.24) is 15.5 Å². The second-order valence-electron chi connectivity index (χ2n) is 3.72. The molecule has 0 spiro atoms. The summed E-state index contributed by atoms with van der Waals surface area (Å²) in [5.74, 6) is 4.10. The average Bonchev–Trinajstić information content (AvgIpc) is 2.88. The molecule has 0 saturated carbocycles. The van der Waals surface area contributed by atoms with E-state index in [1.54, 1.807) is 0 Å². The highest BCUT2D eigenvalue weighted by molar-refractivity contribution is 7.99. The Kier molecular flexibility index (Phi) is 4.02. The normalized spacial score (nSPS) is 21.0. The molecule has 2 heterocycles. The lowest BCUT2D eigenvalue weighted by Gasteiger charge is -2.08. The van der Waals surface area contributed by atoms with Crippen molar-refractivity contribution < 1.29 is 4.52 Å². The first-order valence-corrected chi connectivity index (χ1v) is 6.66. The Bertz CT molecular complexity index is 297. The van der Waals surface area contributed by atoms with E-state index in [2.05, 4.69) is 15.5 Å². The molecular weight excluding hydrogens is 210 g/mol. The van der Waals surface area contributed by atoms with E-state index < -0.39 is 0 Å². The molecule has 1 unspecified atom stereocenters. The zero-order valence-corrected chi connectivity index (χ0v) is 9.85. The molecule has 5 heteroatoms. The predicted molar refractivity (Wildman–Crippen MR) is 61.1 cm³/mol. The fourth-order valence-corrected chi connectivity index (χ4v) is 2.81. The lowest BCUT2D eigenvalue weighted by atomic mass is 10.2. The van der Waals surface area contributed by atoms with Gasteiger partial charge in [-0.05, 0) is 12.2 Å². The molecule has 1 N–H and O–H groups in total. The quantitative estimate of drug-likeness (QED) is 0.821. The topological polar surface area (TPSA) is 51.0 Å². The van der Waals surface area contributed by atoms with Gasteiger partial charge >= 0.3 is 0 Å². The molecular formula is C10H17N3OS. The largest absolute Gasteiger partial charge is 0.339 e. The van der Waals surface area contributed by atoms with Crippen molar-refractivity contribution in [3.8, 4) is 0 Å². The fraction of sp³-hybridized carbons (Fsp3) is 0.800. The van der Waals surface area contributed by atoms with Gasteiger partial charge in [-0.3, -0.25) is 0 Å². The van der Waals surface area contributed by atoms with Crippen LogP contribution in [0.25, 0.3) is 0 Å². The van der Waals surface area contributed by atoms with Crippen molar-refractivity contribution >= 4 is 11.8 Å². The molecule has 84 valence electrons. The van der Waals surface area contributed by atoms with Crippen molar-refractivity contribution in [3.63, 3.8) is 0 Å². The Morgan fingerprint density at radius 3 is 3.20 bits per heavy atom. The molecule has 1 aliphatic rings. The van der Waals surface area contributed by atoms with Gasteiger partial charge in [-0.15, -0.1) is 0 Å². The van der Waals surface area contributed by atoms with Gasteiger partial charge < -0.3 is 9.84 Å². The van der Waals surface area contributed by atoms with Crippen LogP contribution in [0.1, 0.15) is 25.1 Å². The fourth-order valence-electron chi connectivity index (χ4n) is 1.62. The summed E-state index contributed by atoms with van der Waals surface area (Å²) in [5, 5.41) is 7.43. The summed E-state index contributed by atoms with van der Waals surface area (Å²) < 4.78 is 5.04. The summed E-state index contributed by atoms with van der Waals surface area (Å²) in [6.45, 7) is 2.97. The van der Waals surface area contributed by atoms with Gasteiger partial charge in [-0.1, -0.05) is 12.1 Å². The molecule has 1 saturated heterocycles. The molecule has 2 rings (SSSR count). The Labute approximate surface area is 94.2 Å². The van der Waals surface area contributed by atoms with Gasteiger partial charge in [0.15, 0.2) is 5.82 Å². The SMILES string of the molecule is CCc1nc(CCNC2CCSC2)no1. The van der Waals surface area contributed by atoms with Crippen molar-refractivity contribution in [2.24, 2.45) is 0 Å². The number of nitrogens with one attached hydrogen (secondary N) is 1. The van der Waals surface area contributed by atoms with Crippen LogP contribution in [0.15, 0.2) is 4.52 Å². The summed E-state index contributed by atoms with van der Waals surface area (Å²) in [6.07, 6.45) is 2.97. The van der Waals surface area contributed by atoms with Crippen molar-refractivity contribution in [2.75, 3.05) is 18.1 Å². The number of thioether (sulfide) groups is 1. The molecule has 0 bridgehead atoms. The third-order valence-corrected chi connectivity index (χ3v) is 3.69. The summed E-state index contributed by atoms with van der Waals surface area (Å²) in [4.78, 5) is 4.27. The summed E-state index contributed by atoms with van der Waals surface area (Å²) in [5.41, 5.74) is 0. The van der Waals surface area contributed by atoms with Crippen LogP contribution in [0.3, 0.4) is 0 Å². The number of hydrogen-bond donors (Lipinski definition) is 1. The third kappa shape index (κ3) is 3.21. The molecule has 1 fully saturated rings. The molecule has 1 aromatic rings. The zero-order chi connectivity index (χ0) is 10.5. The monoisotopic (exact) mass is 227 g/mol. The highest BCUT2D eigenvalue weighted by Crippen LogP contribution is 2.16. The van der Waals surface area contributed by atoms with Crippen LogP contribution >= 0.6 is 11.8 Å². The first kappa shape index (κ1) is 11.0. The maximum atomic E-state index is 5.04. The van der Waals surface area contributed by atoms with Crippen LogP contribution in [-0.2, 0) is 12.8 Å². The van der Waals surface area contributed by atoms with Gasteiger partial charge in [-0.2, -0.15) is 16.7 Å². The number of aryl methyl sites for hydroxylation is 1. The number of nitrogens with zero attached hydrogens (tertiary/aromatic N) is 2. The van der Waals surface area contributed by atoms with E-state index in [1.165, 1.54) is 17.9 Å². The van der Waals surface area contributed by atoms with Gasteiger partial charge in [0.05, 0.1) is 0 Å². The number of hydrogen-bond acceptors (Lipinski definition) is 5. The summed E-state index contributed by atoms with van der Waals surface area (Å²) in [6, 6.07) is 0.688. The molecule has 1 aromatic heterocycles. The highest BCUT2D eigenvalue weighted by atomic mass is 32.2. The molecule has 1 aliphatic heterocycles. The molecule has 1 atom stereocenters. The summed E-state index contributed by atoms with van der Waals surface area (Å²) >= 11 is 2.02. The first-order valence-electron chi connectivity index (χ1n) is 5.51. The molecule has 0 aliphatic carbocycles. The van der Waals surface area contributed by atoms with Gasteiger partial charge in [0.1, 0.15) is 0 Å². The van der Waals surface area contributed by atoms with Crippen LogP contribution in [0.4, 0.5) is 0 Å². The van der Waals surface area contributed by atoms with Gasteiger partial charge in [0, 0.05) is 31.2 Å². The maximum absolute atomic E-state index is 5.04. The van der Waals surface area contributed by atoms with E-state index in [0.717, 1.165) is 31.1 Å². The third-order valence-electron chi connectivity index (χ3n) is 2.52. The molecule has 0 radical (unpaired) electrons. The van der Waals surface area contributed by atoms with Crippen LogP contribution in [-0.4, -0.2) is 34.2 Å². The second kappa shape index (κ2) is 5.51. The first-order chi connectivity index (χ1) is 7.38. The summed E-state index contributed by atoms with van der Waals surface area (Å²) in [7, 11) is 0. The van der Waals surface area contributed by atoms with Crippen molar-refractivity contribution in [2.45, 2.75) is 32.2 Å². The van der Waals surface area contributed by atoms with Crippen molar-refractivity contribution in [3.05, 3.63) is 11.7 Å². The molecule has 0 aromatic carbocycles. The average molecular weight is 227 g/mol. The Morgan fingerprint density at radius 1 is 1.60 bits per heavy atom. The van der Waals surface area contributed by atoms with Crippen LogP contribution < -0.4 is 5.32 Å². The predicted octanol–water partition coefficient (Wildman–Crippen LogP) is 1.27. The standard InChI is InChI=1S/C10H17N3OS/c1-2-10-12-9(13-14-10)3-5-11-8-4-6-15-7-8/h8,11H,2-7H2,1H3. The van der Waals surface area contributed by atoms with Gasteiger partial charge in [0.25, 0.3) is 0 Å². The van der Waals surface area contributed by atoms with E-state index >= 15 is 0 Å². The number of rotatable bonds is 5. The molecule has 0 amide bonds. The van der Waals surface area contributed by atoms with Gasteiger partial charge in [-0.25, -0.2) is 0 Å². The minimum Gasteiger partial charge on any atom is -0.339 e. The van der Waals surface area contributed by atoms with Crippen LogP contribution in [0.2, 0.25) is 0 Å². The van der Waals surface area contributed by atoms with Gasteiger partial charge in [0.2, 0.25) is 5.89 Å². The molecule has 15 heavy (non-hydrogen) atoms. The minimum atomic E-state index is 0.688. The smallest absolute Gasteiger partial charge is 0.226 e. The second-order valence-corrected chi connectivity index (χ2v) is 4.87. The maximum Gasteiger partial charge on any atom is 0.226 e. The van der Waals surface area contributed by atoms with E-state index in [9.17, 15) is 0 Å². The lowest BCUT2D eigenvalue weighted by Crippen LogP contribution is -2.30. The van der Waals surface area contributed by atoms with E-state index in [1.807, 2.05) is 18.7 Å². The lowest BCUT2D eigenvalue weighted by molar-refractivity contribution is 0.376.